The Hall–Kier alpha value is -2.23. The van der Waals surface area contributed by atoms with Crippen molar-refractivity contribution in [3.63, 3.8) is 0 Å². The summed E-state index contributed by atoms with van der Waals surface area (Å²) in [4.78, 5) is 11.0. The van der Waals surface area contributed by atoms with E-state index in [1.807, 2.05) is 0 Å². The van der Waals surface area contributed by atoms with Crippen molar-refractivity contribution >= 4 is 5.91 Å². The number of hydrogen-bond acceptors (Lipinski definition) is 1. The lowest BCUT2D eigenvalue weighted by Crippen LogP contribution is -2.13. The summed E-state index contributed by atoms with van der Waals surface area (Å²) in [6.45, 7) is 0. The Morgan fingerprint density at radius 1 is 1.00 bits per heavy atom. The highest BCUT2D eigenvalue weighted by Crippen LogP contribution is 2.24. The molecule has 0 radical (unpaired) electrons. The minimum Gasteiger partial charge on any atom is -0.366 e. The molecule has 0 aliphatic carbocycles. The van der Waals surface area contributed by atoms with Gasteiger partial charge in [0.15, 0.2) is 0 Å². The molecule has 1 amide bonds. The summed E-state index contributed by atoms with van der Waals surface area (Å²) >= 11 is 0. The van der Waals surface area contributed by atoms with Gasteiger partial charge in [-0.25, -0.2) is 8.78 Å². The van der Waals surface area contributed by atoms with E-state index in [1.165, 1.54) is 18.2 Å². The van der Waals surface area contributed by atoms with Crippen molar-refractivity contribution in [1.29, 1.82) is 0 Å². The van der Waals surface area contributed by atoms with Crippen molar-refractivity contribution in [2.75, 3.05) is 0 Å². The van der Waals surface area contributed by atoms with Gasteiger partial charge in [-0.2, -0.15) is 0 Å². The van der Waals surface area contributed by atoms with Crippen molar-refractivity contribution < 1.29 is 13.6 Å². The van der Waals surface area contributed by atoms with E-state index in [-0.39, 0.29) is 5.56 Å². The summed E-state index contributed by atoms with van der Waals surface area (Å²) in [7, 11) is 0. The first-order chi connectivity index (χ1) is 8.09. The molecule has 0 spiro atoms. The molecule has 2 N–H and O–H groups in total. The van der Waals surface area contributed by atoms with Crippen LogP contribution in [-0.4, -0.2) is 5.91 Å². The molecule has 0 fully saturated rings. The minimum absolute atomic E-state index is 0.245. The molecule has 4 heteroatoms. The Morgan fingerprint density at radius 2 is 1.71 bits per heavy atom. The van der Waals surface area contributed by atoms with E-state index in [1.54, 1.807) is 18.2 Å². The largest absolute Gasteiger partial charge is 0.366 e. The van der Waals surface area contributed by atoms with Crippen LogP contribution in [0.25, 0.3) is 11.1 Å². The van der Waals surface area contributed by atoms with E-state index in [4.69, 9.17) is 5.73 Å². The molecule has 0 aliphatic rings. The number of carbonyl (C=O) groups is 1. The lowest BCUT2D eigenvalue weighted by atomic mass is 10.0. The normalized spacial score (nSPS) is 10.2. The second-order valence-electron chi connectivity index (χ2n) is 3.54. The van der Waals surface area contributed by atoms with E-state index in [9.17, 15) is 13.6 Å². The average molecular weight is 233 g/mol. The number of benzene rings is 2. The molecule has 0 heterocycles. The highest BCUT2D eigenvalue weighted by Gasteiger charge is 2.11. The molecule has 0 saturated carbocycles. The zero-order valence-electron chi connectivity index (χ0n) is 8.78. The van der Waals surface area contributed by atoms with Gasteiger partial charge in [-0.1, -0.05) is 24.3 Å². The van der Waals surface area contributed by atoms with E-state index >= 15 is 0 Å². The number of amides is 1. The summed E-state index contributed by atoms with van der Waals surface area (Å²) in [5.74, 6) is -2.02. The van der Waals surface area contributed by atoms with Gasteiger partial charge in [-0.3, -0.25) is 4.79 Å². The molecule has 2 aromatic carbocycles. The third-order valence-corrected chi connectivity index (χ3v) is 2.42. The van der Waals surface area contributed by atoms with Crippen LogP contribution < -0.4 is 5.73 Å². The molecule has 2 aromatic rings. The molecule has 2 nitrogen and oxygen atoms in total. The van der Waals surface area contributed by atoms with Gasteiger partial charge < -0.3 is 5.73 Å². The van der Waals surface area contributed by atoms with Crippen LogP contribution in [0.4, 0.5) is 8.78 Å². The molecule has 0 unspecified atom stereocenters. The molecule has 0 saturated heterocycles. The SMILES string of the molecule is NC(=O)c1cc(-c2ccccc2F)ccc1F. The molecular formula is C13H9F2NO. The summed E-state index contributed by atoms with van der Waals surface area (Å²) in [5.41, 5.74) is 5.50. The maximum atomic E-state index is 13.5. The zero-order chi connectivity index (χ0) is 12.4. The highest BCUT2D eigenvalue weighted by atomic mass is 19.1. The molecule has 86 valence electrons. The average Bonchev–Trinajstić information content (AvgIpc) is 2.30. The number of nitrogens with two attached hydrogens (primary N) is 1. The third kappa shape index (κ3) is 2.15. The highest BCUT2D eigenvalue weighted by molar-refractivity contribution is 5.94. The van der Waals surface area contributed by atoms with E-state index in [0.717, 1.165) is 6.07 Å². The van der Waals surface area contributed by atoms with Crippen LogP contribution in [0.1, 0.15) is 10.4 Å². The lowest BCUT2D eigenvalue weighted by Gasteiger charge is -2.05. The van der Waals surface area contributed by atoms with Crippen LogP contribution in [0.15, 0.2) is 42.5 Å². The van der Waals surface area contributed by atoms with E-state index < -0.39 is 17.5 Å². The van der Waals surface area contributed by atoms with Gasteiger partial charge >= 0.3 is 0 Å². The quantitative estimate of drug-likeness (QED) is 0.851. The number of hydrogen-bond donors (Lipinski definition) is 1. The maximum Gasteiger partial charge on any atom is 0.251 e. The maximum absolute atomic E-state index is 13.5. The number of carbonyl (C=O) groups excluding carboxylic acids is 1. The Bertz CT molecular complexity index is 581. The van der Waals surface area contributed by atoms with Crippen molar-refractivity contribution in [3.8, 4) is 11.1 Å². The Labute approximate surface area is 96.7 Å². The molecule has 0 aliphatic heterocycles. The van der Waals surface area contributed by atoms with Crippen LogP contribution in [-0.2, 0) is 0 Å². The summed E-state index contributed by atoms with van der Waals surface area (Å²) < 4.78 is 26.7. The summed E-state index contributed by atoms with van der Waals surface area (Å²) in [6, 6.07) is 9.80. The molecule has 17 heavy (non-hydrogen) atoms. The van der Waals surface area contributed by atoms with Crippen LogP contribution in [0.5, 0.6) is 0 Å². The second kappa shape index (κ2) is 4.33. The first kappa shape index (κ1) is 11.3. The van der Waals surface area contributed by atoms with Crippen LogP contribution in [0.3, 0.4) is 0 Å². The fourth-order valence-electron chi connectivity index (χ4n) is 1.58. The topological polar surface area (TPSA) is 43.1 Å². The lowest BCUT2D eigenvalue weighted by molar-refractivity contribution is 0.0996. The van der Waals surface area contributed by atoms with Crippen molar-refractivity contribution in [2.24, 2.45) is 5.73 Å². The molecule has 0 bridgehead atoms. The molecular weight excluding hydrogens is 224 g/mol. The number of rotatable bonds is 2. The van der Waals surface area contributed by atoms with E-state index in [2.05, 4.69) is 0 Å². The minimum atomic E-state index is -0.874. The molecule has 2 rings (SSSR count). The van der Waals surface area contributed by atoms with Crippen LogP contribution in [0, 0.1) is 11.6 Å². The number of primary amides is 1. The Balaban J connectivity index is 2.58. The van der Waals surface area contributed by atoms with Gasteiger partial charge in [-0.15, -0.1) is 0 Å². The zero-order valence-corrected chi connectivity index (χ0v) is 8.78. The number of halogens is 2. The fraction of sp³-hybridized carbons (Fsp3) is 0. The molecule has 0 aromatic heterocycles. The van der Waals surface area contributed by atoms with Crippen molar-refractivity contribution in [2.45, 2.75) is 0 Å². The predicted molar refractivity (Wildman–Crippen MR) is 60.3 cm³/mol. The first-order valence-electron chi connectivity index (χ1n) is 4.94. The van der Waals surface area contributed by atoms with Gasteiger partial charge in [-0.05, 0) is 23.8 Å². The molecule has 0 atom stereocenters. The van der Waals surface area contributed by atoms with Gasteiger partial charge in [0.05, 0.1) is 5.56 Å². The van der Waals surface area contributed by atoms with Gasteiger partial charge in [0, 0.05) is 5.56 Å². The van der Waals surface area contributed by atoms with Gasteiger partial charge in [0.2, 0.25) is 0 Å². The Morgan fingerprint density at radius 3 is 2.35 bits per heavy atom. The standard InChI is InChI=1S/C13H9F2NO/c14-11-4-2-1-3-9(11)8-5-6-12(15)10(7-8)13(16)17/h1-7H,(H2,16,17). The first-order valence-corrected chi connectivity index (χ1v) is 4.94. The predicted octanol–water partition coefficient (Wildman–Crippen LogP) is 2.73. The van der Waals surface area contributed by atoms with Crippen LogP contribution in [0.2, 0.25) is 0 Å². The van der Waals surface area contributed by atoms with Gasteiger partial charge in [0.25, 0.3) is 5.91 Å². The fourth-order valence-corrected chi connectivity index (χ4v) is 1.58. The monoisotopic (exact) mass is 233 g/mol. The smallest absolute Gasteiger partial charge is 0.251 e. The Kier molecular flexibility index (Phi) is 2.87. The second-order valence-corrected chi connectivity index (χ2v) is 3.54. The summed E-state index contributed by atoms with van der Waals surface area (Å²) in [5, 5.41) is 0. The van der Waals surface area contributed by atoms with Crippen molar-refractivity contribution in [3.05, 3.63) is 59.7 Å². The van der Waals surface area contributed by atoms with Gasteiger partial charge in [0.1, 0.15) is 11.6 Å². The van der Waals surface area contributed by atoms with E-state index in [0.29, 0.717) is 11.1 Å². The van der Waals surface area contributed by atoms with Crippen LogP contribution >= 0.6 is 0 Å². The summed E-state index contributed by atoms with van der Waals surface area (Å²) in [6.07, 6.45) is 0. The third-order valence-electron chi connectivity index (χ3n) is 2.42. The van der Waals surface area contributed by atoms with Crippen molar-refractivity contribution in [1.82, 2.24) is 0 Å².